The Morgan fingerprint density at radius 1 is 0.941 bits per heavy atom. The average Bonchev–Trinajstić information content (AvgIpc) is 3.46. The highest BCUT2D eigenvalue weighted by molar-refractivity contribution is 5.40. The molecule has 0 aromatic heterocycles. The number of nitrogens with one attached hydrogen (secondary N) is 1. The van der Waals surface area contributed by atoms with Crippen molar-refractivity contribution in [2.45, 2.75) is 57.2 Å². The molecule has 3 aromatic carbocycles. The van der Waals surface area contributed by atoms with Gasteiger partial charge in [-0.2, -0.15) is 0 Å². The lowest BCUT2D eigenvalue weighted by molar-refractivity contribution is 0.197. The minimum absolute atomic E-state index is 0.118. The lowest BCUT2D eigenvalue weighted by Gasteiger charge is -2.39. The topological polar surface area (TPSA) is 24.5 Å². The molecule has 0 amide bonds. The first-order valence-electron chi connectivity index (χ1n) is 12.7. The molecule has 0 saturated carbocycles. The average molecular weight is 455 g/mol. The number of piperidine rings is 1. The van der Waals surface area contributed by atoms with Crippen LogP contribution in [0.4, 0.5) is 0 Å². The molecule has 2 heterocycles. The lowest BCUT2D eigenvalue weighted by Crippen LogP contribution is -2.51. The highest BCUT2D eigenvalue weighted by Crippen LogP contribution is 2.43. The molecule has 34 heavy (non-hydrogen) atoms. The van der Waals surface area contributed by atoms with Crippen molar-refractivity contribution in [3.05, 3.63) is 101 Å². The van der Waals surface area contributed by atoms with Crippen LogP contribution in [0.3, 0.4) is 0 Å². The van der Waals surface area contributed by atoms with Gasteiger partial charge in [-0.25, -0.2) is 0 Å². The van der Waals surface area contributed by atoms with E-state index in [4.69, 9.17) is 4.74 Å². The molecule has 2 bridgehead atoms. The Hall–Kier alpha value is -2.62. The van der Waals surface area contributed by atoms with Crippen molar-refractivity contribution < 1.29 is 4.74 Å². The standard InChI is InChI=1S/C31H38N2O/c1-31(2,3)26-15-16-27(34-4)25(19-26)20-32-29-24-17-18-33(21-24)30(29)28(22-11-7-5-8-12-22)23-13-9-6-10-14-23/h5-16,19,24,28-30,32H,17-18,20-21H2,1-4H3. The van der Waals surface area contributed by atoms with Crippen molar-refractivity contribution in [3.8, 4) is 5.75 Å². The van der Waals surface area contributed by atoms with Crippen LogP contribution in [0.15, 0.2) is 78.9 Å². The van der Waals surface area contributed by atoms with E-state index in [0.717, 1.165) is 12.3 Å². The predicted octanol–water partition coefficient (Wildman–Crippen LogP) is 5.99. The number of methoxy groups -OCH3 is 1. The second-order valence-corrected chi connectivity index (χ2v) is 11.0. The second-order valence-electron chi connectivity index (χ2n) is 11.0. The maximum Gasteiger partial charge on any atom is 0.123 e. The Bertz CT molecular complexity index is 1050. The zero-order valence-electron chi connectivity index (χ0n) is 21.0. The molecule has 2 fully saturated rings. The second kappa shape index (κ2) is 9.56. The summed E-state index contributed by atoms with van der Waals surface area (Å²) >= 11 is 0. The molecule has 3 aromatic rings. The zero-order chi connectivity index (χ0) is 23.7. The van der Waals surface area contributed by atoms with Crippen LogP contribution >= 0.6 is 0 Å². The summed E-state index contributed by atoms with van der Waals surface area (Å²) in [4.78, 5) is 2.73. The summed E-state index contributed by atoms with van der Waals surface area (Å²) in [6.07, 6.45) is 1.28. The first-order chi connectivity index (χ1) is 16.5. The minimum atomic E-state index is 0.118. The summed E-state index contributed by atoms with van der Waals surface area (Å²) in [5.41, 5.74) is 5.54. The molecule has 4 unspecified atom stereocenters. The molecule has 2 saturated heterocycles. The minimum Gasteiger partial charge on any atom is -0.496 e. The molecule has 0 aliphatic carbocycles. The van der Waals surface area contributed by atoms with Gasteiger partial charge in [0.05, 0.1) is 7.11 Å². The summed E-state index contributed by atoms with van der Waals surface area (Å²) in [6, 6.07) is 29.7. The predicted molar refractivity (Wildman–Crippen MR) is 141 cm³/mol. The molecule has 3 heteroatoms. The maximum absolute atomic E-state index is 5.75. The maximum atomic E-state index is 5.75. The molecule has 0 radical (unpaired) electrons. The molecular formula is C31H38N2O. The molecule has 2 aliphatic rings. The van der Waals surface area contributed by atoms with Gasteiger partial charge >= 0.3 is 0 Å². The first-order valence-corrected chi connectivity index (χ1v) is 12.7. The van der Waals surface area contributed by atoms with Gasteiger partial charge in [0, 0.05) is 36.7 Å². The van der Waals surface area contributed by atoms with E-state index >= 15 is 0 Å². The quantitative estimate of drug-likeness (QED) is 0.475. The summed E-state index contributed by atoms with van der Waals surface area (Å²) in [5.74, 6) is 2.02. The van der Waals surface area contributed by atoms with Crippen molar-refractivity contribution in [3.63, 3.8) is 0 Å². The lowest BCUT2D eigenvalue weighted by atomic mass is 9.78. The summed E-state index contributed by atoms with van der Waals surface area (Å²) in [5, 5.41) is 4.03. The van der Waals surface area contributed by atoms with Gasteiger partial charge in [-0.15, -0.1) is 0 Å². The Morgan fingerprint density at radius 3 is 2.18 bits per heavy atom. The molecule has 3 nitrogen and oxygen atoms in total. The van der Waals surface area contributed by atoms with Crippen molar-refractivity contribution >= 4 is 0 Å². The van der Waals surface area contributed by atoms with Gasteiger partial charge in [0.15, 0.2) is 0 Å². The van der Waals surface area contributed by atoms with Crippen LogP contribution in [0.5, 0.6) is 5.75 Å². The van der Waals surface area contributed by atoms with Crippen LogP contribution in [0, 0.1) is 5.92 Å². The van der Waals surface area contributed by atoms with Gasteiger partial charge in [0.25, 0.3) is 0 Å². The number of nitrogens with zero attached hydrogens (tertiary/aromatic N) is 1. The summed E-state index contributed by atoms with van der Waals surface area (Å²) in [6.45, 7) is 10.0. The Morgan fingerprint density at radius 2 is 1.59 bits per heavy atom. The SMILES string of the molecule is COc1ccc(C(C)(C)C)cc1CNC1C2CCN(C2)C1C(c1ccccc1)c1ccccc1. The smallest absolute Gasteiger partial charge is 0.123 e. The Labute approximate surface area is 205 Å². The number of ether oxygens (including phenoxy) is 1. The third-order valence-electron chi connectivity index (χ3n) is 7.89. The monoisotopic (exact) mass is 454 g/mol. The van der Waals surface area contributed by atoms with Crippen LogP contribution in [0.1, 0.15) is 55.4 Å². The largest absolute Gasteiger partial charge is 0.496 e. The van der Waals surface area contributed by atoms with Gasteiger partial charge in [-0.05, 0) is 47.1 Å². The Kier molecular flexibility index (Phi) is 6.50. The number of rotatable bonds is 7. The van der Waals surface area contributed by atoms with E-state index in [1.807, 2.05) is 0 Å². The number of fused-ring (bicyclic) bond motifs is 2. The number of benzene rings is 3. The number of hydrogen-bond acceptors (Lipinski definition) is 3. The highest BCUT2D eigenvalue weighted by Gasteiger charge is 2.49. The normalized spacial score (nSPS) is 24.0. The van der Waals surface area contributed by atoms with Gasteiger partial charge in [-0.3, -0.25) is 4.90 Å². The zero-order valence-corrected chi connectivity index (χ0v) is 21.0. The van der Waals surface area contributed by atoms with E-state index in [9.17, 15) is 0 Å². The Balaban J connectivity index is 1.46. The van der Waals surface area contributed by atoms with E-state index in [0.29, 0.717) is 23.9 Å². The van der Waals surface area contributed by atoms with Crippen LogP contribution in [-0.2, 0) is 12.0 Å². The number of hydrogen-bond donors (Lipinski definition) is 1. The van der Waals surface area contributed by atoms with Crippen LogP contribution in [-0.4, -0.2) is 37.2 Å². The van der Waals surface area contributed by atoms with Gasteiger partial charge in [0.1, 0.15) is 5.75 Å². The van der Waals surface area contributed by atoms with Crippen molar-refractivity contribution in [2.75, 3.05) is 20.2 Å². The van der Waals surface area contributed by atoms with Gasteiger partial charge in [-0.1, -0.05) is 93.6 Å². The summed E-state index contributed by atoms with van der Waals surface area (Å²) < 4.78 is 5.75. The molecule has 4 atom stereocenters. The molecule has 2 aliphatic heterocycles. The summed E-state index contributed by atoms with van der Waals surface area (Å²) in [7, 11) is 1.78. The van der Waals surface area contributed by atoms with Crippen LogP contribution in [0.25, 0.3) is 0 Å². The highest BCUT2D eigenvalue weighted by atomic mass is 16.5. The van der Waals surface area contributed by atoms with Crippen molar-refractivity contribution in [1.29, 1.82) is 0 Å². The van der Waals surface area contributed by atoms with E-state index in [1.165, 1.54) is 41.8 Å². The molecule has 178 valence electrons. The van der Waals surface area contributed by atoms with E-state index in [1.54, 1.807) is 7.11 Å². The third kappa shape index (κ3) is 4.52. The molecular weight excluding hydrogens is 416 g/mol. The molecule has 0 spiro atoms. The van der Waals surface area contributed by atoms with E-state index in [2.05, 4.69) is 110 Å². The molecule has 5 rings (SSSR count). The van der Waals surface area contributed by atoms with Crippen LogP contribution < -0.4 is 10.1 Å². The van der Waals surface area contributed by atoms with E-state index in [-0.39, 0.29) is 5.41 Å². The third-order valence-corrected chi connectivity index (χ3v) is 7.89. The fourth-order valence-corrected chi connectivity index (χ4v) is 6.11. The fourth-order valence-electron chi connectivity index (χ4n) is 6.11. The van der Waals surface area contributed by atoms with Gasteiger partial charge < -0.3 is 10.1 Å². The molecule has 1 N–H and O–H groups in total. The van der Waals surface area contributed by atoms with Crippen molar-refractivity contribution in [2.24, 2.45) is 5.92 Å². The van der Waals surface area contributed by atoms with E-state index < -0.39 is 0 Å². The van der Waals surface area contributed by atoms with Crippen LogP contribution in [0.2, 0.25) is 0 Å². The van der Waals surface area contributed by atoms with Gasteiger partial charge in [0.2, 0.25) is 0 Å². The van der Waals surface area contributed by atoms with Crippen molar-refractivity contribution in [1.82, 2.24) is 10.2 Å². The fraction of sp³-hybridized carbons (Fsp3) is 0.419. The first kappa shape index (κ1) is 23.1.